The summed E-state index contributed by atoms with van der Waals surface area (Å²) >= 11 is 0. The molecule has 3 unspecified atom stereocenters. The van der Waals surface area contributed by atoms with Crippen molar-refractivity contribution in [1.29, 1.82) is 0 Å². The van der Waals surface area contributed by atoms with Crippen LogP contribution in [0.1, 0.15) is 69.4 Å². The summed E-state index contributed by atoms with van der Waals surface area (Å²) in [5.74, 6) is 2.03. The molecule has 1 aliphatic heterocycles. The Morgan fingerprint density at radius 2 is 2.07 bits per heavy atom. The van der Waals surface area contributed by atoms with E-state index in [9.17, 15) is 4.79 Å². The van der Waals surface area contributed by atoms with Crippen molar-refractivity contribution < 1.29 is 9.53 Å². The van der Waals surface area contributed by atoms with Crippen molar-refractivity contribution in [1.82, 2.24) is 4.90 Å². The summed E-state index contributed by atoms with van der Waals surface area (Å²) in [4.78, 5) is 15.0. The highest BCUT2D eigenvalue weighted by atomic mass is 16.5. The number of fused-ring (bicyclic) bond motifs is 5. The number of carbonyl (C=O) groups is 1. The Hall–Kier alpha value is -2.03. The molecule has 29 heavy (non-hydrogen) atoms. The molecule has 0 aromatic heterocycles. The zero-order chi connectivity index (χ0) is 20.0. The van der Waals surface area contributed by atoms with Crippen LogP contribution in [0.2, 0.25) is 0 Å². The van der Waals surface area contributed by atoms with Crippen molar-refractivity contribution in [3.05, 3.63) is 59.4 Å². The van der Waals surface area contributed by atoms with Crippen LogP contribution >= 0.6 is 0 Å². The van der Waals surface area contributed by atoms with Gasteiger partial charge in [0.25, 0.3) is 0 Å². The van der Waals surface area contributed by atoms with Crippen LogP contribution in [0.25, 0.3) is 0 Å². The first-order valence-corrected chi connectivity index (χ1v) is 11.5. The van der Waals surface area contributed by atoms with Gasteiger partial charge in [0.2, 0.25) is 0 Å². The largest absolute Gasteiger partial charge is 0.458 e. The molecule has 0 spiro atoms. The van der Waals surface area contributed by atoms with Gasteiger partial charge in [0.15, 0.2) is 0 Å². The Balaban J connectivity index is 1.33. The zero-order valence-electron chi connectivity index (χ0n) is 17.8. The van der Waals surface area contributed by atoms with Gasteiger partial charge in [-0.05, 0) is 80.5 Å². The lowest BCUT2D eigenvalue weighted by Gasteiger charge is -2.50. The van der Waals surface area contributed by atoms with Gasteiger partial charge in [0.1, 0.15) is 6.10 Å². The fourth-order valence-corrected chi connectivity index (χ4v) is 6.82. The molecule has 154 valence electrons. The number of benzene rings is 1. The number of aryl methyl sites for hydroxylation is 1. The van der Waals surface area contributed by atoms with Crippen LogP contribution in [0, 0.1) is 17.3 Å². The molecule has 0 amide bonds. The second-order valence-corrected chi connectivity index (χ2v) is 9.70. The number of hydrogen-bond acceptors (Lipinski definition) is 3. The molecule has 5 rings (SSSR count). The Bertz CT molecular complexity index is 856. The minimum absolute atomic E-state index is 0.0694. The quantitative estimate of drug-likeness (QED) is 0.630. The molecular formula is C26H33NO2. The number of allylic oxidation sites excluding steroid dienone is 1. The third kappa shape index (κ3) is 3.14. The number of nitrogens with zero attached hydrogens (tertiary/aromatic N) is 1. The summed E-state index contributed by atoms with van der Waals surface area (Å²) in [5.41, 5.74) is 4.10. The van der Waals surface area contributed by atoms with E-state index < -0.39 is 0 Å². The SMILES string of the molecule is CCN1C=CCC(C(=O)O[C@H]2CCC3C4CCc5ccccc5C4CC[C@@]32C)=C1. The number of esters is 1. The third-order valence-electron chi connectivity index (χ3n) is 8.38. The van der Waals surface area contributed by atoms with E-state index >= 15 is 0 Å². The summed E-state index contributed by atoms with van der Waals surface area (Å²) in [6.07, 6.45) is 14.0. The maximum absolute atomic E-state index is 12.9. The van der Waals surface area contributed by atoms with Crippen molar-refractivity contribution in [3.8, 4) is 0 Å². The monoisotopic (exact) mass is 391 g/mol. The van der Waals surface area contributed by atoms with Gasteiger partial charge in [-0.1, -0.05) is 37.3 Å². The maximum Gasteiger partial charge on any atom is 0.336 e. The Labute approximate surface area is 174 Å². The first-order valence-electron chi connectivity index (χ1n) is 11.5. The smallest absolute Gasteiger partial charge is 0.336 e. The van der Waals surface area contributed by atoms with Gasteiger partial charge in [0.05, 0.1) is 5.57 Å². The van der Waals surface area contributed by atoms with Gasteiger partial charge in [-0.2, -0.15) is 0 Å². The molecule has 5 atom stereocenters. The molecule has 0 radical (unpaired) electrons. The van der Waals surface area contributed by atoms with E-state index in [2.05, 4.69) is 49.1 Å². The molecule has 2 fully saturated rings. The molecule has 3 aliphatic carbocycles. The van der Waals surface area contributed by atoms with Crippen molar-refractivity contribution >= 4 is 5.97 Å². The van der Waals surface area contributed by atoms with Crippen LogP contribution in [-0.4, -0.2) is 23.5 Å². The summed E-state index contributed by atoms with van der Waals surface area (Å²) in [7, 11) is 0. The molecular weight excluding hydrogens is 358 g/mol. The molecule has 1 aromatic carbocycles. The molecule has 0 saturated heterocycles. The standard InChI is InChI=1S/C26H33NO2/c1-3-27-16-6-8-19(17-27)25(28)29-24-13-12-23-22-11-10-18-7-4-5-9-20(18)21(22)14-15-26(23,24)2/h4-7,9,16-17,21-24H,3,8,10-15H2,1-2H3/t21?,22?,23?,24-,26-/m0/s1. The molecule has 4 aliphatic rings. The van der Waals surface area contributed by atoms with Crippen molar-refractivity contribution in [2.75, 3.05) is 6.54 Å². The fraction of sp³-hybridized carbons (Fsp3) is 0.577. The fourth-order valence-electron chi connectivity index (χ4n) is 6.82. The highest BCUT2D eigenvalue weighted by Gasteiger charge is 2.56. The number of carbonyl (C=O) groups excluding carboxylic acids is 1. The van der Waals surface area contributed by atoms with E-state index in [1.54, 1.807) is 11.1 Å². The summed E-state index contributed by atoms with van der Waals surface area (Å²) < 4.78 is 6.20. The van der Waals surface area contributed by atoms with Gasteiger partial charge >= 0.3 is 5.97 Å². The minimum atomic E-state index is -0.101. The minimum Gasteiger partial charge on any atom is -0.458 e. The molecule has 0 N–H and O–H groups in total. The van der Waals surface area contributed by atoms with E-state index in [1.165, 1.54) is 32.1 Å². The average Bonchev–Trinajstić information content (AvgIpc) is 3.09. The van der Waals surface area contributed by atoms with Crippen LogP contribution in [-0.2, 0) is 16.0 Å². The van der Waals surface area contributed by atoms with E-state index in [4.69, 9.17) is 4.74 Å². The number of ether oxygens (including phenoxy) is 1. The second kappa shape index (κ2) is 7.34. The van der Waals surface area contributed by atoms with Gasteiger partial charge in [-0.25, -0.2) is 4.79 Å². The van der Waals surface area contributed by atoms with Crippen molar-refractivity contribution in [2.24, 2.45) is 17.3 Å². The first-order chi connectivity index (χ1) is 14.1. The summed E-state index contributed by atoms with van der Waals surface area (Å²) in [5, 5.41) is 0. The zero-order valence-corrected chi connectivity index (χ0v) is 17.8. The predicted molar refractivity (Wildman–Crippen MR) is 115 cm³/mol. The average molecular weight is 392 g/mol. The number of rotatable bonds is 3. The van der Waals surface area contributed by atoms with Crippen molar-refractivity contribution in [3.63, 3.8) is 0 Å². The topological polar surface area (TPSA) is 29.5 Å². The highest BCUT2D eigenvalue weighted by Crippen LogP contribution is 2.61. The van der Waals surface area contributed by atoms with Crippen molar-refractivity contribution in [2.45, 2.75) is 70.8 Å². The van der Waals surface area contributed by atoms with Crippen LogP contribution < -0.4 is 0 Å². The lowest BCUT2D eigenvalue weighted by Crippen LogP contribution is -2.45. The highest BCUT2D eigenvalue weighted by molar-refractivity contribution is 5.89. The molecule has 3 heteroatoms. The lowest BCUT2D eigenvalue weighted by atomic mass is 9.55. The van der Waals surface area contributed by atoms with Crippen LogP contribution in [0.3, 0.4) is 0 Å². The third-order valence-corrected chi connectivity index (χ3v) is 8.38. The second-order valence-electron chi connectivity index (χ2n) is 9.70. The van der Waals surface area contributed by atoms with Gasteiger partial charge in [-0.15, -0.1) is 0 Å². The molecule has 3 nitrogen and oxygen atoms in total. The van der Waals surface area contributed by atoms with Crippen LogP contribution in [0.4, 0.5) is 0 Å². The Kier molecular flexibility index (Phi) is 4.80. The van der Waals surface area contributed by atoms with E-state index in [1.807, 2.05) is 12.4 Å². The van der Waals surface area contributed by atoms with Crippen LogP contribution in [0.15, 0.2) is 48.3 Å². The first kappa shape index (κ1) is 19.0. The van der Waals surface area contributed by atoms with E-state index in [0.717, 1.165) is 24.5 Å². The van der Waals surface area contributed by atoms with Gasteiger partial charge in [0, 0.05) is 24.6 Å². The molecule has 2 saturated carbocycles. The number of hydrogen-bond donors (Lipinski definition) is 0. The summed E-state index contributed by atoms with van der Waals surface area (Å²) in [6.45, 7) is 5.38. The van der Waals surface area contributed by atoms with Gasteiger partial charge in [-0.3, -0.25) is 0 Å². The van der Waals surface area contributed by atoms with E-state index in [-0.39, 0.29) is 17.5 Å². The molecule has 1 heterocycles. The Morgan fingerprint density at radius 3 is 2.93 bits per heavy atom. The molecule has 0 bridgehead atoms. The van der Waals surface area contributed by atoms with Gasteiger partial charge < -0.3 is 9.64 Å². The maximum atomic E-state index is 12.9. The normalized spacial score (nSPS) is 35.4. The lowest BCUT2D eigenvalue weighted by molar-refractivity contribution is -0.153. The van der Waals surface area contributed by atoms with E-state index in [0.29, 0.717) is 18.3 Å². The Morgan fingerprint density at radius 1 is 1.21 bits per heavy atom. The summed E-state index contributed by atoms with van der Waals surface area (Å²) in [6, 6.07) is 9.08. The van der Waals surface area contributed by atoms with Crippen LogP contribution in [0.5, 0.6) is 0 Å². The molecule has 1 aromatic rings. The predicted octanol–water partition coefficient (Wildman–Crippen LogP) is 5.58.